The third-order valence-electron chi connectivity index (χ3n) is 6.30. The molecule has 1 aliphatic heterocycles. The number of para-hydroxylation sites is 2. The SMILES string of the molecule is Fc1ccccc1Nc1cc(-c2nc(N3CCNCC3)c3c(Nc4ccccc4F)cncc3n2)ccn1. The molecule has 4 heterocycles. The van der Waals surface area contributed by atoms with E-state index in [0.29, 0.717) is 39.8 Å². The van der Waals surface area contributed by atoms with Crippen molar-refractivity contribution in [3.63, 3.8) is 0 Å². The molecule has 38 heavy (non-hydrogen) atoms. The highest BCUT2D eigenvalue weighted by atomic mass is 19.1. The molecule has 3 aromatic heterocycles. The van der Waals surface area contributed by atoms with Crippen molar-refractivity contribution in [2.24, 2.45) is 0 Å². The highest BCUT2D eigenvalue weighted by Gasteiger charge is 2.21. The summed E-state index contributed by atoms with van der Waals surface area (Å²) in [5, 5.41) is 10.3. The smallest absolute Gasteiger partial charge is 0.162 e. The van der Waals surface area contributed by atoms with E-state index in [1.165, 1.54) is 12.1 Å². The minimum atomic E-state index is -0.372. The lowest BCUT2D eigenvalue weighted by Gasteiger charge is -2.30. The van der Waals surface area contributed by atoms with Gasteiger partial charge in [0.1, 0.15) is 23.3 Å². The van der Waals surface area contributed by atoms with E-state index >= 15 is 0 Å². The molecule has 10 heteroatoms. The van der Waals surface area contributed by atoms with Crippen molar-refractivity contribution in [2.45, 2.75) is 0 Å². The summed E-state index contributed by atoms with van der Waals surface area (Å²) in [5.41, 5.74) is 2.61. The van der Waals surface area contributed by atoms with E-state index in [1.54, 1.807) is 61.1 Å². The van der Waals surface area contributed by atoms with Gasteiger partial charge in [-0.1, -0.05) is 24.3 Å². The zero-order valence-electron chi connectivity index (χ0n) is 20.3. The Bertz CT molecular complexity index is 1600. The number of anilines is 5. The topological polar surface area (TPSA) is 90.9 Å². The molecule has 8 nitrogen and oxygen atoms in total. The van der Waals surface area contributed by atoms with Crippen molar-refractivity contribution in [1.29, 1.82) is 0 Å². The summed E-state index contributed by atoms with van der Waals surface area (Å²) in [6, 6.07) is 16.5. The number of aromatic nitrogens is 4. The first-order valence-corrected chi connectivity index (χ1v) is 12.3. The fourth-order valence-corrected chi connectivity index (χ4v) is 4.44. The van der Waals surface area contributed by atoms with Crippen LogP contribution >= 0.6 is 0 Å². The molecule has 0 amide bonds. The Morgan fingerprint density at radius 2 is 1.50 bits per heavy atom. The number of hydrogen-bond donors (Lipinski definition) is 3. The number of piperazine rings is 1. The van der Waals surface area contributed by atoms with Gasteiger partial charge in [-0.2, -0.15) is 0 Å². The monoisotopic (exact) mass is 510 g/mol. The van der Waals surface area contributed by atoms with Crippen LogP contribution in [0.25, 0.3) is 22.3 Å². The maximum absolute atomic E-state index is 14.5. The molecular weight excluding hydrogens is 486 g/mol. The van der Waals surface area contributed by atoms with Gasteiger partial charge in [0.15, 0.2) is 5.82 Å². The minimum absolute atomic E-state index is 0.325. The minimum Gasteiger partial charge on any atom is -0.353 e. The molecule has 0 radical (unpaired) electrons. The Balaban J connectivity index is 1.45. The highest BCUT2D eigenvalue weighted by Crippen LogP contribution is 2.35. The van der Waals surface area contributed by atoms with Crippen LogP contribution in [-0.2, 0) is 0 Å². The van der Waals surface area contributed by atoms with E-state index in [0.717, 1.165) is 37.4 Å². The van der Waals surface area contributed by atoms with Crippen LogP contribution in [0.4, 0.5) is 37.5 Å². The van der Waals surface area contributed by atoms with Crippen LogP contribution in [0, 0.1) is 11.6 Å². The summed E-state index contributed by atoms with van der Waals surface area (Å²) in [4.78, 5) is 20.7. The molecule has 3 N–H and O–H groups in total. The summed E-state index contributed by atoms with van der Waals surface area (Å²) in [6.07, 6.45) is 4.97. The zero-order valence-corrected chi connectivity index (χ0v) is 20.3. The molecule has 6 rings (SSSR count). The average Bonchev–Trinajstić information content (AvgIpc) is 2.96. The summed E-state index contributed by atoms with van der Waals surface area (Å²) >= 11 is 0. The van der Waals surface area contributed by atoms with Crippen molar-refractivity contribution < 1.29 is 8.78 Å². The van der Waals surface area contributed by atoms with Crippen LogP contribution < -0.4 is 20.9 Å². The Kier molecular flexibility index (Phi) is 6.45. The number of halogens is 2. The van der Waals surface area contributed by atoms with E-state index < -0.39 is 0 Å². The maximum atomic E-state index is 14.5. The molecule has 5 aromatic rings. The molecule has 2 aromatic carbocycles. The van der Waals surface area contributed by atoms with Crippen molar-refractivity contribution in [2.75, 3.05) is 41.7 Å². The summed E-state index contributed by atoms with van der Waals surface area (Å²) in [6.45, 7) is 3.13. The van der Waals surface area contributed by atoms with E-state index in [-0.39, 0.29) is 11.6 Å². The molecule has 1 fully saturated rings. The second-order valence-corrected chi connectivity index (χ2v) is 8.83. The van der Waals surface area contributed by atoms with Gasteiger partial charge in [0.05, 0.1) is 40.4 Å². The Morgan fingerprint density at radius 3 is 2.24 bits per heavy atom. The van der Waals surface area contributed by atoms with Crippen LogP contribution in [0.2, 0.25) is 0 Å². The van der Waals surface area contributed by atoms with E-state index in [2.05, 4.69) is 30.8 Å². The number of fused-ring (bicyclic) bond motifs is 1. The zero-order chi connectivity index (χ0) is 25.9. The molecule has 0 saturated carbocycles. The van der Waals surface area contributed by atoms with Gasteiger partial charge in [-0.25, -0.2) is 23.7 Å². The fraction of sp³-hybridized carbons (Fsp3) is 0.143. The first kappa shape index (κ1) is 23.7. The second-order valence-electron chi connectivity index (χ2n) is 8.83. The van der Waals surface area contributed by atoms with Crippen LogP contribution in [0.1, 0.15) is 0 Å². The molecule has 0 aliphatic carbocycles. The molecule has 0 bridgehead atoms. The molecule has 0 spiro atoms. The Morgan fingerprint density at radius 1 is 0.789 bits per heavy atom. The molecule has 1 aliphatic rings. The number of hydrogen-bond acceptors (Lipinski definition) is 8. The lowest BCUT2D eigenvalue weighted by Crippen LogP contribution is -2.44. The maximum Gasteiger partial charge on any atom is 0.162 e. The predicted molar refractivity (Wildman–Crippen MR) is 145 cm³/mol. The lowest BCUT2D eigenvalue weighted by atomic mass is 10.1. The summed E-state index contributed by atoms with van der Waals surface area (Å²) < 4.78 is 28.7. The Labute approximate surface area is 217 Å². The van der Waals surface area contributed by atoms with Crippen LogP contribution in [0.15, 0.2) is 79.3 Å². The van der Waals surface area contributed by atoms with Crippen LogP contribution in [0.3, 0.4) is 0 Å². The normalized spacial score (nSPS) is 13.5. The van der Waals surface area contributed by atoms with Gasteiger partial charge in [0.2, 0.25) is 0 Å². The molecular formula is C28H24F2N8. The second kappa shape index (κ2) is 10.3. The number of nitrogens with one attached hydrogen (secondary N) is 3. The largest absolute Gasteiger partial charge is 0.353 e. The highest BCUT2D eigenvalue weighted by molar-refractivity contribution is 6.01. The number of benzene rings is 2. The van der Waals surface area contributed by atoms with Gasteiger partial charge in [0, 0.05) is 37.9 Å². The van der Waals surface area contributed by atoms with Gasteiger partial charge in [-0.05, 0) is 36.4 Å². The Hall–Kier alpha value is -4.70. The standard InChI is InChI=1S/C28H24F2N8/c29-19-5-1-3-7-21(19)34-23-16-32-17-24-26(23)28(38-13-11-31-12-14-38)37-27(36-24)18-9-10-33-25(15-18)35-22-8-4-2-6-20(22)30/h1-10,15-17,31,34H,11-14H2,(H,33,35). The first-order chi connectivity index (χ1) is 18.7. The quantitative estimate of drug-likeness (QED) is 0.285. The van der Waals surface area contributed by atoms with Crippen molar-refractivity contribution >= 4 is 39.6 Å². The van der Waals surface area contributed by atoms with E-state index in [4.69, 9.17) is 9.97 Å². The van der Waals surface area contributed by atoms with Crippen molar-refractivity contribution in [3.05, 3.63) is 90.9 Å². The summed E-state index contributed by atoms with van der Waals surface area (Å²) in [7, 11) is 0. The average molecular weight is 511 g/mol. The van der Waals surface area contributed by atoms with Gasteiger partial charge in [-0.15, -0.1) is 0 Å². The molecule has 190 valence electrons. The van der Waals surface area contributed by atoms with Gasteiger partial charge in [-0.3, -0.25) is 4.98 Å². The molecule has 1 saturated heterocycles. The predicted octanol–water partition coefficient (Wildman–Crippen LogP) is 5.26. The summed E-state index contributed by atoms with van der Waals surface area (Å²) in [5.74, 6) is 0.942. The van der Waals surface area contributed by atoms with Crippen LogP contribution in [-0.4, -0.2) is 46.1 Å². The lowest BCUT2D eigenvalue weighted by molar-refractivity contribution is 0.586. The van der Waals surface area contributed by atoms with Crippen LogP contribution in [0.5, 0.6) is 0 Å². The number of pyridine rings is 2. The van der Waals surface area contributed by atoms with Gasteiger partial charge >= 0.3 is 0 Å². The first-order valence-electron chi connectivity index (χ1n) is 12.3. The number of nitrogens with zero attached hydrogens (tertiary/aromatic N) is 5. The van der Waals surface area contributed by atoms with Crippen molar-refractivity contribution in [1.82, 2.24) is 25.3 Å². The van der Waals surface area contributed by atoms with Crippen molar-refractivity contribution in [3.8, 4) is 11.4 Å². The number of rotatable bonds is 6. The van der Waals surface area contributed by atoms with Gasteiger partial charge < -0.3 is 20.9 Å². The fourth-order valence-electron chi connectivity index (χ4n) is 4.44. The van der Waals surface area contributed by atoms with E-state index in [9.17, 15) is 8.78 Å². The van der Waals surface area contributed by atoms with E-state index in [1.807, 2.05) is 6.07 Å². The third-order valence-corrected chi connectivity index (χ3v) is 6.30. The molecule has 0 unspecified atom stereocenters. The van der Waals surface area contributed by atoms with Gasteiger partial charge in [0.25, 0.3) is 0 Å². The third kappa shape index (κ3) is 4.81. The molecule has 0 atom stereocenters.